The lowest BCUT2D eigenvalue weighted by Gasteiger charge is -2.25. The third kappa shape index (κ3) is 3.00. The molecule has 0 fully saturated rings. The Kier molecular flexibility index (Phi) is 4.30. The van der Waals surface area contributed by atoms with E-state index in [1.165, 1.54) is 6.07 Å². The Morgan fingerprint density at radius 1 is 1.05 bits per heavy atom. The minimum Gasteiger partial charge on any atom is -0.326 e. The van der Waals surface area contributed by atoms with Gasteiger partial charge in [-0.2, -0.15) is 0 Å². The van der Waals surface area contributed by atoms with Gasteiger partial charge in [0.1, 0.15) is 5.82 Å². The number of benzene rings is 2. The van der Waals surface area contributed by atoms with E-state index in [4.69, 9.17) is 5.73 Å². The minimum absolute atomic E-state index is 0.0898. The summed E-state index contributed by atoms with van der Waals surface area (Å²) in [7, 11) is 3.90. The first kappa shape index (κ1) is 13.7. The van der Waals surface area contributed by atoms with Crippen LogP contribution in [0.25, 0.3) is 0 Å². The van der Waals surface area contributed by atoms with E-state index in [9.17, 15) is 4.39 Å². The van der Waals surface area contributed by atoms with Gasteiger partial charge in [-0.25, -0.2) is 4.39 Å². The zero-order valence-electron chi connectivity index (χ0n) is 11.3. The van der Waals surface area contributed by atoms with Crippen LogP contribution >= 0.6 is 0 Å². The van der Waals surface area contributed by atoms with Crippen LogP contribution in [0.15, 0.2) is 48.5 Å². The maximum Gasteiger partial charge on any atom is 0.128 e. The predicted octanol–water partition coefficient (Wildman–Crippen LogP) is 2.94. The first-order valence-corrected chi connectivity index (χ1v) is 6.33. The van der Waals surface area contributed by atoms with E-state index in [0.29, 0.717) is 12.1 Å². The predicted molar refractivity (Wildman–Crippen MR) is 76.3 cm³/mol. The van der Waals surface area contributed by atoms with Crippen LogP contribution in [0.5, 0.6) is 0 Å². The molecule has 0 aliphatic rings. The molecule has 0 heterocycles. The third-order valence-electron chi connectivity index (χ3n) is 3.25. The lowest BCUT2D eigenvalue weighted by molar-refractivity contribution is 0.334. The summed E-state index contributed by atoms with van der Waals surface area (Å²) in [4.78, 5) is 2.01. The Labute approximate surface area is 113 Å². The Balaban J connectivity index is 2.43. The van der Waals surface area contributed by atoms with Crippen molar-refractivity contribution in [2.75, 3.05) is 14.1 Å². The topological polar surface area (TPSA) is 29.3 Å². The molecule has 3 heteroatoms. The van der Waals surface area contributed by atoms with Crippen LogP contribution in [-0.4, -0.2) is 19.0 Å². The highest BCUT2D eigenvalue weighted by molar-refractivity contribution is 5.34. The molecule has 0 radical (unpaired) electrons. The van der Waals surface area contributed by atoms with Crippen molar-refractivity contribution in [3.8, 4) is 0 Å². The lowest BCUT2D eigenvalue weighted by Crippen LogP contribution is -2.22. The molecule has 2 aromatic carbocycles. The third-order valence-corrected chi connectivity index (χ3v) is 3.25. The normalized spacial score (nSPS) is 12.7. The van der Waals surface area contributed by atoms with E-state index in [1.807, 2.05) is 55.4 Å². The number of halogens is 1. The van der Waals surface area contributed by atoms with E-state index < -0.39 is 0 Å². The van der Waals surface area contributed by atoms with Crippen LogP contribution in [0.4, 0.5) is 4.39 Å². The fourth-order valence-electron chi connectivity index (χ4n) is 2.29. The molecule has 2 nitrogen and oxygen atoms in total. The highest BCUT2D eigenvalue weighted by atomic mass is 19.1. The zero-order chi connectivity index (χ0) is 13.8. The standard InChI is InChI=1S/C16H19FN2/c1-19(2)16(14-5-3-4-6-15(14)17)13-9-7-12(11-18)8-10-13/h3-10,16H,11,18H2,1-2H3. The lowest BCUT2D eigenvalue weighted by atomic mass is 9.96. The largest absolute Gasteiger partial charge is 0.326 e. The van der Waals surface area contributed by atoms with Gasteiger partial charge >= 0.3 is 0 Å². The van der Waals surface area contributed by atoms with Gasteiger partial charge in [-0.05, 0) is 31.3 Å². The van der Waals surface area contributed by atoms with Gasteiger partial charge in [0.05, 0.1) is 6.04 Å². The van der Waals surface area contributed by atoms with E-state index in [1.54, 1.807) is 6.07 Å². The summed E-state index contributed by atoms with van der Waals surface area (Å²) in [5.41, 5.74) is 8.43. The smallest absolute Gasteiger partial charge is 0.128 e. The summed E-state index contributed by atoms with van der Waals surface area (Å²) in [5, 5.41) is 0. The molecule has 1 unspecified atom stereocenters. The molecular weight excluding hydrogens is 239 g/mol. The van der Waals surface area contributed by atoms with Crippen molar-refractivity contribution in [2.45, 2.75) is 12.6 Å². The molecule has 0 saturated carbocycles. The molecule has 0 aliphatic heterocycles. The Morgan fingerprint density at radius 2 is 1.68 bits per heavy atom. The summed E-state index contributed by atoms with van der Waals surface area (Å²) in [6.07, 6.45) is 0. The van der Waals surface area contributed by atoms with E-state index in [2.05, 4.69) is 0 Å². The number of nitrogens with two attached hydrogens (primary N) is 1. The SMILES string of the molecule is CN(C)C(c1ccc(CN)cc1)c1ccccc1F. The molecule has 100 valence electrons. The molecule has 0 aromatic heterocycles. The van der Waals surface area contributed by atoms with Gasteiger partial charge < -0.3 is 5.73 Å². The van der Waals surface area contributed by atoms with Crippen molar-refractivity contribution >= 4 is 0 Å². The summed E-state index contributed by atoms with van der Waals surface area (Å²) in [6.45, 7) is 0.520. The van der Waals surface area contributed by atoms with E-state index in [0.717, 1.165) is 11.1 Å². The van der Waals surface area contributed by atoms with Crippen molar-refractivity contribution in [1.29, 1.82) is 0 Å². The molecule has 2 aromatic rings. The molecule has 0 saturated heterocycles. The van der Waals surface area contributed by atoms with Crippen LogP contribution in [0.3, 0.4) is 0 Å². The fourth-order valence-corrected chi connectivity index (χ4v) is 2.29. The molecule has 2 rings (SSSR count). The second-order valence-electron chi connectivity index (χ2n) is 4.83. The molecule has 2 N–H and O–H groups in total. The van der Waals surface area contributed by atoms with Gasteiger partial charge in [-0.3, -0.25) is 4.90 Å². The van der Waals surface area contributed by atoms with Crippen LogP contribution in [0.1, 0.15) is 22.7 Å². The zero-order valence-corrected chi connectivity index (χ0v) is 11.3. The summed E-state index contributed by atoms with van der Waals surface area (Å²) >= 11 is 0. The fraction of sp³-hybridized carbons (Fsp3) is 0.250. The minimum atomic E-state index is -0.177. The van der Waals surface area contributed by atoms with Gasteiger partial charge in [0.2, 0.25) is 0 Å². The molecule has 0 amide bonds. The number of nitrogens with zero attached hydrogens (tertiary/aromatic N) is 1. The van der Waals surface area contributed by atoms with Gasteiger partial charge in [0.15, 0.2) is 0 Å². The molecule has 19 heavy (non-hydrogen) atoms. The van der Waals surface area contributed by atoms with Crippen molar-refractivity contribution < 1.29 is 4.39 Å². The quantitative estimate of drug-likeness (QED) is 0.913. The number of rotatable bonds is 4. The first-order chi connectivity index (χ1) is 9.13. The summed E-state index contributed by atoms with van der Waals surface area (Å²) < 4.78 is 14.0. The maximum absolute atomic E-state index is 14.0. The van der Waals surface area contributed by atoms with Crippen LogP contribution in [0.2, 0.25) is 0 Å². The molecule has 0 aliphatic carbocycles. The summed E-state index contributed by atoms with van der Waals surface area (Å²) in [5.74, 6) is -0.177. The monoisotopic (exact) mass is 258 g/mol. The maximum atomic E-state index is 14.0. The average molecular weight is 258 g/mol. The van der Waals surface area contributed by atoms with Gasteiger partial charge in [-0.1, -0.05) is 42.5 Å². The van der Waals surface area contributed by atoms with Gasteiger partial charge in [0.25, 0.3) is 0 Å². The molecule has 0 bridgehead atoms. The van der Waals surface area contributed by atoms with Crippen LogP contribution in [-0.2, 0) is 6.54 Å². The van der Waals surface area contributed by atoms with Crippen molar-refractivity contribution in [1.82, 2.24) is 4.90 Å². The average Bonchev–Trinajstić information content (AvgIpc) is 2.42. The highest BCUT2D eigenvalue weighted by Crippen LogP contribution is 2.28. The van der Waals surface area contributed by atoms with Crippen LogP contribution < -0.4 is 5.73 Å². The number of hydrogen-bond acceptors (Lipinski definition) is 2. The Bertz CT molecular complexity index is 535. The molecule has 0 spiro atoms. The van der Waals surface area contributed by atoms with Crippen molar-refractivity contribution in [3.05, 3.63) is 71.0 Å². The van der Waals surface area contributed by atoms with E-state index >= 15 is 0 Å². The van der Waals surface area contributed by atoms with Gasteiger partial charge in [0, 0.05) is 12.1 Å². The second-order valence-corrected chi connectivity index (χ2v) is 4.83. The molecular formula is C16H19FN2. The Morgan fingerprint density at radius 3 is 2.21 bits per heavy atom. The van der Waals surface area contributed by atoms with E-state index in [-0.39, 0.29) is 11.9 Å². The van der Waals surface area contributed by atoms with Crippen LogP contribution in [0, 0.1) is 5.82 Å². The van der Waals surface area contributed by atoms with Gasteiger partial charge in [-0.15, -0.1) is 0 Å². The van der Waals surface area contributed by atoms with Crippen molar-refractivity contribution in [3.63, 3.8) is 0 Å². The number of hydrogen-bond donors (Lipinski definition) is 1. The molecule has 1 atom stereocenters. The highest BCUT2D eigenvalue weighted by Gasteiger charge is 2.19. The summed E-state index contributed by atoms with van der Waals surface area (Å²) in [6, 6.07) is 14.8. The first-order valence-electron chi connectivity index (χ1n) is 6.33. The Hall–Kier alpha value is -1.71. The second kappa shape index (κ2) is 5.95. The van der Waals surface area contributed by atoms with Crippen molar-refractivity contribution in [2.24, 2.45) is 5.73 Å².